The Hall–Kier alpha value is -0.730. The monoisotopic (exact) mass is 144 g/mol. The van der Waals surface area contributed by atoms with Gasteiger partial charge in [0, 0.05) is 6.54 Å². The number of nitrogens with one attached hydrogen (secondary N) is 1. The van der Waals surface area contributed by atoms with E-state index in [-0.39, 0.29) is 0 Å². The Morgan fingerprint density at radius 1 is 1.60 bits per heavy atom. The summed E-state index contributed by atoms with van der Waals surface area (Å²) in [6, 6.07) is 0. The largest absolute Gasteiger partial charge is 0.446 e. The zero-order chi connectivity index (χ0) is 7.82. The van der Waals surface area contributed by atoms with Crippen LogP contribution in [-0.4, -0.2) is 12.6 Å². The van der Waals surface area contributed by atoms with Crippen molar-refractivity contribution in [2.45, 2.75) is 26.2 Å². The normalized spacial score (nSPS) is 9.00. The SMILES string of the molecule is [CH2]OC(=O)NCCCCC. The lowest BCUT2D eigenvalue weighted by molar-refractivity contribution is 0.183. The van der Waals surface area contributed by atoms with Crippen LogP contribution in [0.2, 0.25) is 0 Å². The van der Waals surface area contributed by atoms with E-state index in [0.29, 0.717) is 6.54 Å². The van der Waals surface area contributed by atoms with Gasteiger partial charge in [0.1, 0.15) is 7.11 Å². The summed E-state index contributed by atoms with van der Waals surface area (Å²) < 4.78 is 4.13. The number of carbonyl (C=O) groups is 1. The lowest BCUT2D eigenvalue weighted by atomic mass is 10.2. The topological polar surface area (TPSA) is 38.3 Å². The van der Waals surface area contributed by atoms with Gasteiger partial charge in [0.05, 0.1) is 0 Å². The molecule has 0 aromatic carbocycles. The van der Waals surface area contributed by atoms with Crippen molar-refractivity contribution < 1.29 is 9.53 Å². The Morgan fingerprint density at radius 2 is 2.30 bits per heavy atom. The molecule has 3 nitrogen and oxygen atoms in total. The van der Waals surface area contributed by atoms with Crippen molar-refractivity contribution in [3.63, 3.8) is 0 Å². The summed E-state index contributed by atoms with van der Waals surface area (Å²) >= 11 is 0. The number of ether oxygens (including phenoxy) is 1. The molecule has 0 aliphatic carbocycles. The van der Waals surface area contributed by atoms with Gasteiger partial charge in [0.2, 0.25) is 0 Å². The summed E-state index contributed by atoms with van der Waals surface area (Å²) in [6.45, 7) is 2.79. The van der Waals surface area contributed by atoms with E-state index in [0.717, 1.165) is 19.3 Å². The number of amides is 1. The summed E-state index contributed by atoms with van der Waals surface area (Å²) in [5.74, 6) is 0. The molecule has 0 rings (SSSR count). The third-order valence-corrected chi connectivity index (χ3v) is 1.18. The Bertz CT molecular complexity index is 93.6. The van der Waals surface area contributed by atoms with Crippen molar-refractivity contribution in [1.29, 1.82) is 0 Å². The zero-order valence-electron chi connectivity index (χ0n) is 6.35. The van der Waals surface area contributed by atoms with Gasteiger partial charge in [-0.3, -0.25) is 0 Å². The molecule has 1 amide bonds. The molecule has 0 aromatic heterocycles. The molecule has 0 fully saturated rings. The lowest BCUT2D eigenvalue weighted by Gasteiger charge is -2.00. The molecule has 0 saturated carbocycles. The van der Waals surface area contributed by atoms with Crippen molar-refractivity contribution in [3.05, 3.63) is 7.11 Å². The van der Waals surface area contributed by atoms with Gasteiger partial charge < -0.3 is 10.1 Å². The van der Waals surface area contributed by atoms with E-state index >= 15 is 0 Å². The summed E-state index contributed by atoms with van der Waals surface area (Å²) in [5.41, 5.74) is 0. The van der Waals surface area contributed by atoms with Crippen LogP contribution in [0.25, 0.3) is 0 Å². The van der Waals surface area contributed by atoms with Crippen LogP contribution in [-0.2, 0) is 4.74 Å². The summed E-state index contributed by atoms with van der Waals surface area (Å²) in [7, 11) is 2.97. The average molecular weight is 144 g/mol. The highest BCUT2D eigenvalue weighted by atomic mass is 16.5. The minimum absolute atomic E-state index is 0.448. The van der Waals surface area contributed by atoms with Gasteiger partial charge in [-0.25, -0.2) is 4.79 Å². The van der Waals surface area contributed by atoms with Crippen LogP contribution >= 0.6 is 0 Å². The molecular formula is C7H14NO2. The summed E-state index contributed by atoms with van der Waals surface area (Å²) in [5, 5.41) is 2.54. The molecule has 0 heterocycles. The second-order valence-corrected chi connectivity index (χ2v) is 2.07. The van der Waals surface area contributed by atoms with Crippen LogP contribution in [0.15, 0.2) is 0 Å². The first-order valence-corrected chi connectivity index (χ1v) is 3.51. The van der Waals surface area contributed by atoms with Gasteiger partial charge in [-0.1, -0.05) is 19.8 Å². The zero-order valence-corrected chi connectivity index (χ0v) is 6.35. The first-order valence-electron chi connectivity index (χ1n) is 3.51. The molecular weight excluding hydrogens is 130 g/mol. The van der Waals surface area contributed by atoms with E-state index in [1.54, 1.807) is 0 Å². The molecule has 59 valence electrons. The van der Waals surface area contributed by atoms with E-state index in [2.05, 4.69) is 24.1 Å². The summed E-state index contributed by atoms with van der Waals surface area (Å²) in [6.07, 6.45) is 2.85. The molecule has 3 heteroatoms. The number of hydrogen-bond acceptors (Lipinski definition) is 2. The molecule has 0 aliphatic heterocycles. The predicted octanol–water partition coefficient (Wildman–Crippen LogP) is 1.69. The Kier molecular flexibility index (Phi) is 5.92. The van der Waals surface area contributed by atoms with Gasteiger partial charge >= 0.3 is 6.09 Å². The minimum atomic E-state index is -0.448. The average Bonchev–Trinajstić information content (AvgIpc) is 1.98. The number of rotatable bonds is 4. The molecule has 0 atom stereocenters. The van der Waals surface area contributed by atoms with Crippen LogP contribution in [0.3, 0.4) is 0 Å². The Balaban J connectivity index is 2.96. The van der Waals surface area contributed by atoms with Crippen molar-refractivity contribution in [2.24, 2.45) is 0 Å². The van der Waals surface area contributed by atoms with Crippen LogP contribution in [0, 0.1) is 7.11 Å². The molecule has 0 aliphatic rings. The van der Waals surface area contributed by atoms with E-state index < -0.39 is 6.09 Å². The minimum Gasteiger partial charge on any atom is -0.446 e. The third kappa shape index (κ3) is 5.41. The highest BCUT2D eigenvalue weighted by Crippen LogP contribution is 1.90. The standard InChI is InChI=1S/C7H14NO2/c1-3-4-5-6-8-7(9)10-2/h2-6H2,1H3,(H,8,9). The molecule has 0 unspecified atom stereocenters. The third-order valence-electron chi connectivity index (χ3n) is 1.18. The summed E-state index contributed by atoms with van der Waals surface area (Å²) in [4.78, 5) is 10.4. The first kappa shape index (κ1) is 9.27. The van der Waals surface area contributed by atoms with E-state index in [1.165, 1.54) is 0 Å². The van der Waals surface area contributed by atoms with Crippen LogP contribution in [0.1, 0.15) is 26.2 Å². The second kappa shape index (κ2) is 6.39. The lowest BCUT2D eigenvalue weighted by Crippen LogP contribution is -2.23. The van der Waals surface area contributed by atoms with Crippen molar-refractivity contribution in [1.82, 2.24) is 5.32 Å². The molecule has 10 heavy (non-hydrogen) atoms. The first-order chi connectivity index (χ1) is 4.81. The van der Waals surface area contributed by atoms with E-state index in [1.807, 2.05) is 0 Å². The Labute approximate surface area is 61.8 Å². The number of unbranched alkanes of at least 4 members (excludes halogenated alkanes) is 2. The maximum absolute atomic E-state index is 10.4. The van der Waals surface area contributed by atoms with Crippen molar-refractivity contribution in [2.75, 3.05) is 6.54 Å². The van der Waals surface area contributed by atoms with Gasteiger partial charge in [0.15, 0.2) is 0 Å². The van der Waals surface area contributed by atoms with Crippen LogP contribution in [0.5, 0.6) is 0 Å². The molecule has 0 aromatic rings. The molecule has 1 radical (unpaired) electrons. The van der Waals surface area contributed by atoms with Crippen LogP contribution < -0.4 is 5.32 Å². The maximum atomic E-state index is 10.4. The van der Waals surface area contributed by atoms with Gasteiger partial charge in [-0.05, 0) is 6.42 Å². The Morgan fingerprint density at radius 3 is 2.80 bits per heavy atom. The predicted molar refractivity (Wildman–Crippen MR) is 39.4 cm³/mol. The molecule has 0 bridgehead atoms. The molecule has 1 N–H and O–H groups in total. The van der Waals surface area contributed by atoms with Gasteiger partial charge in [-0.15, -0.1) is 0 Å². The van der Waals surface area contributed by atoms with Crippen LogP contribution in [0.4, 0.5) is 4.79 Å². The number of alkyl carbamates (subject to hydrolysis) is 1. The van der Waals surface area contributed by atoms with Gasteiger partial charge in [0.25, 0.3) is 0 Å². The van der Waals surface area contributed by atoms with Gasteiger partial charge in [-0.2, -0.15) is 0 Å². The van der Waals surface area contributed by atoms with E-state index in [4.69, 9.17) is 0 Å². The fourth-order valence-electron chi connectivity index (χ4n) is 0.616. The smallest absolute Gasteiger partial charge is 0.407 e. The second-order valence-electron chi connectivity index (χ2n) is 2.07. The number of carbonyl (C=O) groups excluding carboxylic acids is 1. The van der Waals surface area contributed by atoms with E-state index in [9.17, 15) is 4.79 Å². The maximum Gasteiger partial charge on any atom is 0.407 e. The highest BCUT2D eigenvalue weighted by molar-refractivity contribution is 5.67. The highest BCUT2D eigenvalue weighted by Gasteiger charge is 1.94. The molecule has 0 spiro atoms. The molecule has 0 saturated heterocycles. The number of hydrogen-bond donors (Lipinski definition) is 1. The van der Waals surface area contributed by atoms with Crippen molar-refractivity contribution in [3.8, 4) is 0 Å². The fraction of sp³-hybridized carbons (Fsp3) is 0.714. The quantitative estimate of drug-likeness (QED) is 0.610. The fourth-order valence-corrected chi connectivity index (χ4v) is 0.616. The van der Waals surface area contributed by atoms with Crippen molar-refractivity contribution >= 4 is 6.09 Å².